The Morgan fingerprint density at radius 2 is 1.96 bits per heavy atom. The van der Waals surface area contributed by atoms with E-state index in [0.717, 1.165) is 11.8 Å². The predicted octanol–water partition coefficient (Wildman–Crippen LogP) is 2.71. The third kappa shape index (κ3) is 3.83. The van der Waals surface area contributed by atoms with Crippen LogP contribution in [0.2, 0.25) is 0 Å². The van der Waals surface area contributed by atoms with Gasteiger partial charge in [-0.25, -0.2) is 9.89 Å². The van der Waals surface area contributed by atoms with Gasteiger partial charge in [0.2, 0.25) is 11.8 Å². The second kappa shape index (κ2) is 7.40. The van der Waals surface area contributed by atoms with Gasteiger partial charge in [0.05, 0.1) is 18.5 Å². The van der Waals surface area contributed by atoms with Crippen molar-refractivity contribution in [3.8, 4) is 5.75 Å². The Hall–Kier alpha value is -2.80. The highest BCUT2D eigenvalue weighted by atomic mass is 32.2. The van der Waals surface area contributed by atoms with Crippen LogP contribution < -0.4 is 15.4 Å². The van der Waals surface area contributed by atoms with Crippen LogP contribution in [0.25, 0.3) is 0 Å². The Labute approximate surface area is 149 Å². The number of carbonyl (C=O) groups is 2. The molecule has 1 aliphatic heterocycles. The molecule has 1 fully saturated rings. The minimum atomic E-state index is -0.578. The molecular weight excluding hydrogens is 338 g/mol. The lowest BCUT2D eigenvalue weighted by Crippen LogP contribution is -2.31. The average Bonchev–Trinajstić information content (AvgIpc) is 2.89. The van der Waals surface area contributed by atoms with E-state index in [1.54, 1.807) is 24.3 Å². The number of nitrogens with zero attached hydrogens (tertiary/aromatic N) is 2. The van der Waals surface area contributed by atoms with E-state index in [1.807, 2.05) is 30.3 Å². The summed E-state index contributed by atoms with van der Waals surface area (Å²) in [4.78, 5) is 30.4. The monoisotopic (exact) mass is 355 g/mol. The average molecular weight is 355 g/mol. The van der Waals surface area contributed by atoms with Crippen molar-refractivity contribution in [3.63, 3.8) is 0 Å². The minimum Gasteiger partial charge on any atom is -0.497 e. The number of nitrogens with two attached hydrogens (primary N) is 1. The van der Waals surface area contributed by atoms with Crippen molar-refractivity contribution in [2.24, 2.45) is 10.7 Å². The number of rotatable bonds is 4. The third-order valence-corrected chi connectivity index (χ3v) is 4.66. The van der Waals surface area contributed by atoms with Gasteiger partial charge in [0.25, 0.3) is 0 Å². The smallest absolute Gasteiger partial charge is 0.247 e. The molecule has 1 heterocycles. The number of benzene rings is 2. The van der Waals surface area contributed by atoms with Crippen molar-refractivity contribution >= 4 is 40.1 Å². The number of para-hydroxylation sites is 1. The highest BCUT2D eigenvalue weighted by Gasteiger charge is 2.40. The highest BCUT2D eigenvalue weighted by molar-refractivity contribution is 8.15. The summed E-state index contributed by atoms with van der Waals surface area (Å²) in [6.07, 6.45) is 0.0890. The Morgan fingerprint density at radius 3 is 2.68 bits per heavy atom. The molecular formula is C18H17N3O3S. The largest absolute Gasteiger partial charge is 0.497 e. The molecule has 1 aliphatic rings. The standard InChI is InChI=1S/C18H17N3O3S/c1-24-14-9-5-8-13(10-14)21-16(22)11-15(17(21)23)25-18(19)20-12-6-3-2-4-7-12/h2-10,15H,11H2,1H3,(H2,19,20)/t15-/m1/s1. The van der Waals surface area contributed by atoms with Crippen molar-refractivity contribution in [1.29, 1.82) is 0 Å². The maximum atomic E-state index is 12.6. The molecule has 2 amide bonds. The molecule has 0 aromatic heterocycles. The first-order valence-electron chi connectivity index (χ1n) is 7.65. The molecule has 1 saturated heterocycles. The van der Waals surface area contributed by atoms with E-state index in [2.05, 4.69) is 4.99 Å². The summed E-state index contributed by atoms with van der Waals surface area (Å²) >= 11 is 1.11. The normalized spacial score (nSPS) is 17.9. The molecule has 128 valence electrons. The maximum Gasteiger partial charge on any atom is 0.247 e. The minimum absolute atomic E-state index is 0.0890. The molecule has 7 heteroatoms. The van der Waals surface area contributed by atoms with Crippen LogP contribution >= 0.6 is 11.8 Å². The van der Waals surface area contributed by atoms with Crippen LogP contribution in [0.3, 0.4) is 0 Å². The van der Waals surface area contributed by atoms with E-state index in [4.69, 9.17) is 10.5 Å². The SMILES string of the molecule is COc1cccc(N2C(=O)C[C@@H](SC(N)=Nc3ccccc3)C2=O)c1. The second-order valence-corrected chi connectivity index (χ2v) is 6.59. The van der Waals surface area contributed by atoms with Crippen LogP contribution in [0.4, 0.5) is 11.4 Å². The topological polar surface area (TPSA) is 85.0 Å². The molecule has 25 heavy (non-hydrogen) atoms. The lowest BCUT2D eigenvalue weighted by atomic mass is 10.3. The summed E-state index contributed by atoms with van der Waals surface area (Å²) < 4.78 is 5.15. The van der Waals surface area contributed by atoms with Crippen LogP contribution in [0, 0.1) is 0 Å². The van der Waals surface area contributed by atoms with Gasteiger partial charge in [-0.1, -0.05) is 36.0 Å². The molecule has 0 saturated carbocycles. The number of aliphatic imine (C=N–C) groups is 1. The molecule has 3 rings (SSSR count). The van der Waals surface area contributed by atoms with Crippen molar-refractivity contribution < 1.29 is 14.3 Å². The fourth-order valence-corrected chi connectivity index (χ4v) is 3.40. The van der Waals surface area contributed by atoms with Gasteiger partial charge >= 0.3 is 0 Å². The molecule has 0 aliphatic carbocycles. The number of anilines is 1. The number of amidine groups is 1. The van der Waals surface area contributed by atoms with Gasteiger partial charge in [-0.05, 0) is 24.3 Å². The summed E-state index contributed by atoms with van der Waals surface area (Å²) in [7, 11) is 1.53. The van der Waals surface area contributed by atoms with Crippen molar-refractivity contribution in [1.82, 2.24) is 0 Å². The van der Waals surface area contributed by atoms with Gasteiger partial charge in [-0.2, -0.15) is 0 Å². The highest BCUT2D eigenvalue weighted by Crippen LogP contribution is 2.31. The molecule has 0 bridgehead atoms. The number of hydrogen-bond donors (Lipinski definition) is 1. The number of imide groups is 1. The van der Waals surface area contributed by atoms with E-state index in [0.29, 0.717) is 17.1 Å². The number of hydrogen-bond acceptors (Lipinski definition) is 5. The zero-order valence-electron chi connectivity index (χ0n) is 13.6. The molecule has 0 spiro atoms. The summed E-state index contributed by atoms with van der Waals surface area (Å²) in [6, 6.07) is 16.1. The van der Waals surface area contributed by atoms with E-state index >= 15 is 0 Å². The summed E-state index contributed by atoms with van der Waals surface area (Å²) in [5, 5.41) is -0.323. The Bertz CT molecular complexity index is 823. The van der Waals surface area contributed by atoms with Crippen LogP contribution in [-0.2, 0) is 9.59 Å². The number of amides is 2. The molecule has 2 aromatic carbocycles. The number of methoxy groups -OCH3 is 1. The lowest BCUT2D eigenvalue weighted by Gasteiger charge is -2.15. The molecule has 0 unspecified atom stereocenters. The van der Waals surface area contributed by atoms with E-state index in [9.17, 15) is 9.59 Å². The molecule has 0 radical (unpaired) electrons. The van der Waals surface area contributed by atoms with Crippen LogP contribution in [0.1, 0.15) is 6.42 Å². The first kappa shape index (κ1) is 17.0. The number of carbonyl (C=O) groups excluding carboxylic acids is 2. The van der Waals surface area contributed by atoms with Gasteiger partial charge < -0.3 is 10.5 Å². The van der Waals surface area contributed by atoms with E-state index in [-0.39, 0.29) is 23.4 Å². The van der Waals surface area contributed by atoms with Gasteiger partial charge in [0.15, 0.2) is 5.17 Å². The van der Waals surface area contributed by atoms with Gasteiger partial charge in [0, 0.05) is 12.5 Å². The Balaban J connectivity index is 1.76. The number of ether oxygens (including phenoxy) is 1. The first-order chi connectivity index (χ1) is 12.1. The van der Waals surface area contributed by atoms with Crippen molar-refractivity contribution in [3.05, 3.63) is 54.6 Å². The first-order valence-corrected chi connectivity index (χ1v) is 8.53. The van der Waals surface area contributed by atoms with Crippen LogP contribution in [-0.4, -0.2) is 29.3 Å². The lowest BCUT2D eigenvalue weighted by molar-refractivity contribution is -0.121. The quantitative estimate of drug-likeness (QED) is 0.518. The van der Waals surface area contributed by atoms with Gasteiger partial charge in [-0.3, -0.25) is 9.59 Å². The molecule has 2 aromatic rings. The molecule has 2 N–H and O–H groups in total. The van der Waals surface area contributed by atoms with Crippen LogP contribution in [0.5, 0.6) is 5.75 Å². The molecule has 6 nitrogen and oxygen atoms in total. The zero-order valence-corrected chi connectivity index (χ0v) is 14.4. The summed E-state index contributed by atoms with van der Waals surface area (Å²) in [5.41, 5.74) is 7.13. The van der Waals surface area contributed by atoms with Crippen molar-refractivity contribution in [2.45, 2.75) is 11.7 Å². The second-order valence-electron chi connectivity index (χ2n) is 5.37. The van der Waals surface area contributed by atoms with Gasteiger partial charge in [0.1, 0.15) is 11.0 Å². The summed E-state index contributed by atoms with van der Waals surface area (Å²) in [6.45, 7) is 0. The molecule has 1 atom stereocenters. The zero-order chi connectivity index (χ0) is 17.8. The van der Waals surface area contributed by atoms with E-state index < -0.39 is 5.25 Å². The van der Waals surface area contributed by atoms with E-state index in [1.165, 1.54) is 12.0 Å². The summed E-state index contributed by atoms with van der Waals surface area (Å²) in [5.74, 6) is 0.0251. The van der Waals surface area contributed by atoms with Crippen molar-refractivity contribution in [2.75, 3.05) is 12.0 Å². The Kier molecular flexibility index (Phi) is 5.04. The fourth-order valence-electron chi connectivity index (χ4n) is 2.52. The number of thioether (sulfide) groups is 1. The Morgan fingerprint density at radius 1 is 1.20 bits per heavy atom. The van der Waals surface area contributed by atoms with Crippen LogP contribution in [0.15, 0.2) is 59.6 Å². The maximum absolute atomic E-state index is 12.6. The predicted molar refractivity (Wildman–Crippen MR) is 99.2 cm³/mol. The third-order valence-electron chi connectivity index (χ3n) is 3.68. The fraction of sp³-hybridized carbons (Fsp3) is 0.167. The van der Waals surface area contributed by atoms with Gasteiger partial charge in [-0.15, -0.1) is 0 Å².